The topological polar surface area (TPSA) is 167 Å². The first-order valence-corrected chi connectivity index (χ1v) is 14.0. The lowest BCUT2D eigenvalue weighted by Crippen LogP contribution is -2.47. The van der Waals surface area contributed by atoms with Gasteiger partial charge in [0, 0.05) is 5.56 Å². The number of halogens is 3. The molecular weight excluding hydrogens is 601 g/mol. The fourth-order valence-electron chi connectivity index (χ4n) is 4.15. The minimum absolute atomic E-state index is 0.0498. The Kier molecular flexibility index (Phi) is 9.07. The molecule has 14 nitrogen and oxygen atoms in total. The molecule has 1 fully saturated rings. The molecule has 1 aliphatic rings. The summed E-state index contributed by atoms with van der Waals surface area (Å²) in [6, 6.07) is 11.1. The normalized spacial score (nSPS) is 15.7. The number of methoxy groups -OCH3 is 1. The van der Waals surface area contributed by atoms with Crippen molar-refractivity contribution in [3.8, 4) is 16.9 Å². The summed E-state index contributed by atoms with van der Waals surface area (Å²) in [5.41, 5.74) is 0.496. The van der Waals surface area contributed by atoms with E-state index in [0.29, 0.717) is 12.0 Å². The number of rotatable bonds is 9. The number of hydrogen-bond donors (Lipinski definition) is 1. The van der Waals surface area contributed by atoms with Crippen molar-refractivity contribution < 1.29 is 50.5 Å². The quantitative estimate of drug-likeness (QED) is 0.0924. The monoisotopic (exact) mass is 626 g/mol. The number of amides is 1. The second-order valence-electron chi connectivity index (χ2n) is 9.15. The molecule has 230 valence electrons. The van der Waals surface area contributed by atoms with Gasteiger partial charge in [0.25, 0.3) is 22.7 Å². The number of benzene rings is 2. The fraction of sp³-hybridized carbons (Fsp3) is 0.320. The van der Waals surface area contributed by atoms with Crippen molar-refractivity contribution in [3.05, 3.63) is 71.1 Å². The Bertz CT molecular complexity index is 1610. The molecule has 0 bridgehead atoms. The maximum atomic E-state index is 13.5. The van der Waals surface area contributed by atoms with E-state index in [1.54, 1.807) is 24.3 Å². The van der Waals surface area contributed by atoms with Crippen molar-refractivity contribution in [3.63, 3.8) is 0 Å². The number of nitrogens with zero attached hydrogens (tertiary/aromatic N) is 5. The molecule has 0 radical (unpaired) electrons. The van der Waals surface area contributed by atoms with Crippen molar-refractivity contribution in [1.29, 1.82) is 0 Å². The summed E-state index contributed by atoms with van der Waals surface area (Å²) in [5, 5.41) is 20.0. The largest absolute Gasteiger partial charge is 0.569 e. The van der Waals surface area contributed by atoms with Crippen molar-refractivity contribution >= 4 is 22.1 Å². The zero-order valence-electron chi connectivity index (χ0n) is 22.6. The first kappa shape index (κ1) is 31.1. The van der Waals surface area contributed by atoms with E-state index in [9.17, 15) is 36.4 Å². The highest BCUT2D eigenvalue weighted by atomic mass is 32.2. The molecule has 1 aliphatic heterocycles. The van der Waals surface area contributed by atoms with Crippen LogP contribution < -0.4 is 4.72 Å². The number of aryl methyl sites for hydroxylation is 1. The van der Waals surface area contributed by atoms with Gasteiger partial charge in [-0.3, -0.25) is 4.79 Å². The third-order valence-corrected chi connectivity index (χ3v) is 7.61. The first-order chi connectivity index (χ1) is 20.3. The van der Waals surface area contributed by atoms with E-state index in [0.717, 1.165) is 40.6 Å². The number of nitrogens with one attached hydrogen (secondary N) is 1. The minimum Gasteiger partial charge on any atom is -0.569 e. The van der Waals surface area contributed by atoms with E-state index < -0.39 is 46.8 Å². The van der Waals surface area contributed by atoms with E-state index in [-0.39, 0.29) is 34.2 Å². The molecule has 2 heterocycles. The van der Waals surface area contributed by atoms with Gasteiger partial charge < -0.3 is 19.5 Å². The molecule has 0 aliphatic carbocycles. The Balaban J connectivity index is 1.50. The Hall–Kier alpha value is -4.87. The van der Waals surface area contributed by atoms with Gasteiger partial charge >= 0.3 is 12.3 Å². The zero-order chi connectivity index (χ0) is 31.4. The highest BCUT2D eigenvalue weighted by Gasteiger charge is 2.39. The number of ether oxygens (including phenoxy) is 2. The maximum absolute atomic E-state index is 13.5. The van der Waals surface area contributed by atoms with Gasteiger partial charge in [-0.25, -0.2) is 22.6 Å². The van der Waals surface area contributed by atoms with Crippen LogP contribution in [0.4, 0.5) is 18.0 Å². The molecule has 1 atom stereocenters. The van der Waals surface area contributed by atoms with Crippen LogP contribution in [0.3, 0.4) is 0 Å². The van der Waals surface area contributed by atoms with E-state index in [4.69, 9.17) is 0 Å². The van der Waals surface area contributed by atoms with Crippen LogP contribution in [0.2, 0.25) is 0 Å². The van der Waals surface area contributed by atoms with Crippen LogP contribution in [0.5, 0.6) is 0 Å². The molecule has 1 aromatic heterocycles. The van der Waals surface area contributed by atoms with Gasteiger partial charge in [0.15, 0.2) is 11.7 Å². The smallest absolute Gasteiger partial charge is 0.510 e. The number of aromatic nitrogens is 2. The van der Waals surface area contributed by atoms with Gasteiger partial charge in [-0.15, -0.1) is 5.01 Å². The molecule has 1 amide bonds. The number of carbonyl (C=O) groups is 2. The number of hydrogen-bond acceptors (Lipinski definition) is 10. The summed E-state index contributed by atoms with van der Waals surface area (Å²) in [4.78, 5) is 27.8. The molecule has 4 rings (SSSR count). The number of carbonyl (C=O) groups excluding carboxylic acids is 2. The van der Waals surface area contributed by atoms with Crippen LogP contribution in [-0.4, -0.2) is 66.7 Å². The first-order valence-electron chi connectivity index (χ1n) is 12.5. The van der Waals surface area contributed by atoms with Crippen molar-refractivity contribution in [1.82, 2.24) is 19.5 Å². The third kappa shape index (κ3) is 7.32. The molecule has 0 unspecified atom stereocenters. The fourth-order valence-corrected chi connectivity index (χ4v) is 5.16. The van der Waals surface area contributed by atoms with Gasteiger partial charge in [-0.1, -0.05) is 29.8 Å². The number of alkyl halides is 3. The van der Waals surface area contributed by atoms with Gasteiger partial charge in [-0.05, 0) is 50.1 Å². The molecule has 1 N–H and O–H groups in total. The van der Waals surface area contributed by atoms with Gasteiger partial charge in [-0.2, -0.15) is 18.3 Å². The van der Waals surface area contributed by atoms with E-state index in [2.05, 4.69) is 24.7 Å². The Labute approximate surface area is 242 Å². The summed E-state index contributed by atoms with van der Waals surface area (Å²) >= 11 is 0. The summed E-state index contributed by atoms with van der Waals surface area (Å²) < 4.78 is 78.0. The number of sulfonamides is 1. The SMILES string of the molecule is COC(=O)OCO/N=[N+](/[O-])N1CCC[C@H]1C(=O)NS(=O)(=O)c1ccc(-n2nc(C(F)(F)F)cc2-c2ccc(C)cc2)cc1. The Morgan fingerprint density at radius 3 is 2.47 bits per heavy atom. The molecule has 0 saturated carbocycles. The van der Waals surface area contributed by atoms with Crippen molar-refractivity contribution in [2.75, 3.05) is 20.4 Å². The molecule has 18 heteroatoms. The maximum Gasteiger partial charge on any atom is 0.510 e. The van der Waals surface area contributed by atoms with Crippen LogP contribution in [-0.2, 0) is 35.3 Å². The summed E-state index contributed by atoms with van der Waals surface area (Å²) in [6.45, 7) is 1.13. The molecule has 0 spiro atoms. The molecule has 2 aromatic carbocycles. The summed E-state index contributed by atoms with van der Waals surface area (Å²) in [5.74, 6) is -1.02. The lowest BCUT2D eigenvalue weighted by Gasteiger charge is -2.19. The molecular formula is C25H25F3N6O8S. The van der Waals surface area contributed by atoms with E-state index >= 15 is 0 Å². The minimum atomic E-state index is -4.72. The van der Waals surface area contributed by atoms with Gasteiger partial charge in [0.05, 0.1) is 34.9 Å². The average molecular weight is 627 g/mol. The van der Waals surface area contributed by atoms with Crippen LogP contribution in [0.1, 0.15) is 24.1 Å². The molecule has 3 aromatic rings. The predicted molar refractivity (Wildman–Crippen MR) is 139 cm³/mol. The highest BCUT2D eigenvalue weighted by molar-refractivity contribution is 7.90. The van der Waals surface area contributed by atoms with Crippen LogP contribution in [0, 0.1) is 12.1 Å². The zero-order valence-corrected chi connectivity index (χ0v) is 23.5. The van der Waals surface area contributed by atoms with Crippen molar-refractivity contribution in [2.45, 2.75) is 36.9 Å². The van der Waals surface area contributed by atoms with Gasteiger partial charge in [0.2, 0.25) is 5.28 Å². The van der Waals surface area contributed by atoms with E-state index in [1.165, 1.54) is 12.1 Å². The van der Waals surface area contributed by atoms with Crippen LogP contribution in [0.25, 0.3) is 16.9 Å². The van der Waals surface area contributed by atoms with Crippen molar-refractivity contribution in [2.24, 2.45) is 5.28 Å². The van der Waals surface area contributed by atoms with Crippen LogP contribution >= 0.6 is 0 Å². The lowest BCUT2D eigenvalue weighted by atomic mass is 10.1. The predicted octanol–water partition coefficient (Wildman–Crippen LogP) is 3.69. The van der Waals surface area contributed by atoms with E-state index in [1.807, 2.05) is 11.6 Å². The summed E-state index contributed by atoms with van der Waals surface area (Å²) in [7, 11) is -3.39. The Morgan fingerprint density at radius 2 is 1.84 bits per heavy atom. The molecule has 1 saturated heterocycles. The summed E-state index contributed by atoms with van der Waals surface area (Å²) in [6.07, 6.45) is -5.32. The molecule has 43 heavy (non-hydrogen) atoms. The average Bonchev–Trinajstić information content (AvgIpc) is 3.64. The second kappa shape index (κ2) is 12.6. The number of hydrazine groups is 1. The Morgan fingerprint density at radius 1 is 1.16 bits per heavy atom. The standard InChI is InChI=1S/C25H25F3N6O8S/c1-16-5-7-17(8-6-16)21-14-22(25(26,27)28)29-33(21)18-9-11-19(12-10-18)43(38,39)30-23(35)20-4-3-13-32(20)34(37)31-42-15-41-24(36)40-2/h5-12,14,20H,3-4,13,15H2,1-2H3,(H,30,35)/b34-31+/t20-/m0/s1. The highest BCUT2D eigenvalue weighted by Crippen LogP contribution is 2.33. The lowest BCUT2D eigenvalue weighted by molar-refractivity contribution is -0.712. The van der Waals surface area contributed by atoms with Crippen LogP contribution in [0.15, 0.2) is 64.8 Å². The second-order valence-corrected chi connectivity index (χ2v) is 10.8. The third-order valence-electron chi connectivity index (χ3n) is 6.24. The van der Waals surface area contributed by atoms with Gasteiger partial charge in [0.1, 0.15) is 0 Å².